The molecule has 1 atom stereocenters. The third-order valence-corrected chi connectivity index (χ3v) is 5.84. The Bertz CT molecular complexity index is 996. The molecular formula is C23H30ClFN4O2. The smallest absolute Gasteiger partial charge is 0.221 e. The number of rotatable bonds is 6. The van der Waals surface area contributed by atoms with Crippen LogP contribution in [0.4, 0.5) is 4.39 Å². The summed E-state index contributed by atoms with van der Waals surface area (Å²) in [5.74, 6) is -1.16. The van der Waals surface area contributed by atoms with Gasteiger partial charge in [-0.15, -0.1) is 0 Å². The summed E-state index contributed by atoms with van der Waals surface area (Å²) in [6, 6.07) is 4.45. The van der Waals surface area contributed by atoms with Gasteiger partial charge < -0.3 is 15.2 Å². The van der Waals surface area contributed by atoms with Crippen molar-refractivity contribution in [3.63, 3.8) is 0 Å². The molecule has 1 aromatic carbocycles. The maximum Gasteiger partial charge on any atom is 0.221 e. The number of aromatic nitrogens is 2. The van der Waals surface area contributed by atoms with Crippen LogP contribution in [0.5, 0.6) is 0 Å². The van der Waals surface area contributed by atoms with Crippen LogP contribution >= 0.6 is 11.6 Å². The summed E-state index contributed by atoms with van der Waals surface area (Å²) in [5, 5.41) is 0.00689. The lowest BCUT2D eigenvalue weighted by Crippen LogP contribution is -2.30. The number of Topliss-reactive ketones (excluding diaryl/α,β-unsaturated/α-hetero) is 1. The number of ketones is 1. The van der Waals surface area contributed by atoms with Gasteiger partial charge >= 0.3 is 0 Å². The number of hydrogen-bond donors (Lipinski definition) is 1. The molecule has 0 radical (unpaired) electrons. The number of amides is 1. The highest BCUT2D eigenvalue weighted by Crippen LogP contribution is 2.31. The van der Waals surface area contributed by atoms with E-state index < -0.39 is 17.6 Å². The minimum Gasteiger partial charge on any atom is -0.369 e. The Morgan fingerprint density at radius 3 is 2.61 bits per heavy atom. The van der Waals surface area contributed by atoms with Crippen LogP contribution in [0.15, 0.2) is 18.2 Å². The Balaban J connectivity index is 2.03. The number of halogens is 2. The second-order valence-electron chi connectivity index (χ2n) is 9.59. The van der Waals surface area contributed by atoms with Gasteiger partial charge in [0.05, 0.1) is 10.7 Å². The number of carbonyl (C=O) groups excluding carboxylic acids is 2. The van der Waals surface area contributed by atoms with Crippen molar-refractivity contribution in [1.29, 1.82) is 0 Å². The fourth-order valence-corrected chi connectivity index (χ4v) is 4.31. The third-order valence-electron chi connectivity index (χ3n) is 5.55. The maximum absolute atomic E-state index is 13.7. The molecule has 8 heteroatoms. The first kappa shape index (κ1) is 23.4. The SMILES string of the molecule is CN1CCCn2c(-c3ccc(F)c(Cl)c3)nc(C(=O)C[C@@H](CC(C)(C)C)C(N)=O)c2C1. The molecule has 0 saturated heterocycles. The minimum absolute atomic E-state index is 0.00689. The lowest BCUT2D eigenvalue weighted by molar-refractivity contribution is -0.122. The van der Waals surface area contributed by atoms with Gasteiger partial charge in [0.15, 0.2) is 5.78 Å². The molecule has 0 unspecified atom stereocenters. The van der Waals surface area contributed by atoms with Crippen LogP contribution in [0, 0.1) is 17.2 Å². The third kappa shape index (κ3) is 5.52. The summed E-state index contributed by atoms with van der Waals surface area (Å²) < 4.78 is 15.7. The molecule has 6 nitrogen and oxygen atoms in total. The van der Waals surface area contributed by atoms with Crippen molar-refractivity contribution >= 4 is 23.3 Å². The van der Waals surface area contributed by atoms with Crippen LogP contribution in [0.1, 0.15) is 56.2 Å². The quantitative estimate of drug-likeness (QED) is 0.668. The van der Waals surface area contributed by atoms with Crippen LogP contribution in [0.3, 0.4) is 0 Å². The van der Waals surface area contributed by atoms with Crippen molar-refractivity contribution in [2.24, 2.45) is 17.1 Å². The van der Waals surface area contributed by atoms with E-state index >= 15 is 0 Å². The molecule has 0 spiro atoms. The fraction of sp³-hybridized carbons (Fsp3) is 0.522. The molecule has 3 rings (SSSR count). The zero-order valence-corrected chi connectivity index (χ0v) is 19.3. The van der Waals surface area contributed by atoms with E-state index in [4.69, 9.17) is 17.3 Å². The second kappa shape index (κ2) is 9.09. The van der Waals surface area contributed by atoms with Gasteiger partial charge in [-0.05, 0) is 50.0 Å². The molecule has 2 heterocycles. The standard InChI is InChI=1S/C23H30ClFN4O2/c1-23(2,3)12-15(21(26)31)11-19(30)20-18-13-28(4)8-5-9-29(18)22(27-20)14-6-7-17(25)16(24)10-14/h6-7,10,15H,5,8-9,11-13H2,1-4H3,(H2,26,31)/t15-/m0/s1. The van der Waals surface area contributed by atoms with Gasteiger partial charge in [0.1, 0.15) is 17.3 Å². The Morgan fingerprint density at radius 1 is 1.29 bits per heavy atom. The number of carbonyl (C=O) groups is 2. The zero-order chi connectivity index (χ0) is 22.9. The summed E-state index contributed by atoms with van der Waals surface area (Å²) in [7, 11) is 2.00. The zero-order valence-electron chi connectivity index (χ0n) is 18.5. The van der Waals surface area contributed by atoms with E-state index in [1.54, 1.807) is 6.07 Å². The number of benzene rings is 1. The Morgan fingerprint density at radius 2 is 2.00 bits per heavy atom. The van der Waals surface area contributed by atoms with E-state index in [2.05, 4.69) is 9.88 Å². The van der Waals surface area contributed by atoms with Gasteiger partial charge in [0, 0.05) is 31.0 Å². The lowest BCUT2D eigenvalue weighted by Gasteiger charge is -2.23. The Kier molecular flexibility index (Phi) is 6.86. The predicted octanol–water partition coefficient (Wildman–Crippen LogP) is 4.29. The highest BCUT2D eigenvalue weighted by atomic mass is 35.5. The molecule has 2 aromatic rings. The van der Waals surface area contributed by atoms with Crippen molar-refractivity contribution in [3.05, 3.63) is 40.4 Å². The lowest BCUT2D eigenvalue weighted by atomic mass is 9.82. The highest BCUT2D eigenvalue weighted by molar-refractivity contribution is 6.31. The van der Waals surface area contributed by atoms with Crippen molar-refractivity contribution in [3.8, 4) is 11.4 Å². The van der Waals surface area contributed by atoms with Gasteiger partial charge in [-0.25, -0.2) is 9.37 Å². The number of imidazole rings is 1. The molecule has 1 amide bonds. The van der Waals surface area contributed by atoms with Crippen LogP contribution in [0.25, 0.3) is 11.4 Å². The van der Waals surface area contributed by atoms with E-state index in [1.165, 1.54) is 12.1 Å². The summed E-state index contributed by atoms with van der Waals surface area (Å²) in [6.45, 7) is 8.17. The summed E-state index contributed by atoms with van der Waals surface area (Å²) in [5.41, 5.74) is 7.28. The van der Waals surface area contributed by atoms with E-state index in [-0.39, 0.29) is 22.6 Å². The minimum atomic E-state index is -0.558. The molecular weight excluding hydrogens is 419 g/mol. The fourth-order valence-electron chi connectivity index (χ4n) is 4.13. The maximum atomic E-state index is 13.7. The Hall–Kier alpha value is -2.25. The van der Waals surface area contributed by atoms with Gasteiger partial charge in [-0.2, -0.15) is 0 Å². The monoisotopic (exact) mass is 448 g/mol. The normalized spacial score (nSPS) is 15.9. The first-order valence-electron chi connectivity index (χ1n) is 10.5. The van der Waals surface area contributed by atoms with E-state index in [0.717, 1.165) is 18.7 Å². The van der Waals surface area contributed by atoms with Crippen molar-refractivity contribution < 1.29 is 14.0 Å². The number of fused-ring (bicyclic) bond motifs is 1. The van der Waals surface area contributed by atoms with Crippen LogP contribution in [0.2, 0.25) is 5.02 Å². The average Bonchev–Trinajstić information content (AvgIpc) is 2.89. The number of hydrogen-bond acceptors (Lipinski definition) is 4. The summed E-state index contributed by atoms with van der Waals surface area (Å²) in [4.78, 5) is 32.1. The molecule has 0 bridgehead atoms. The molecule has 1 aliphatic rings. The highest BCUT2D eigenvalue weighted by Gasteiger charge is 2.30. The number of primary amides is 1. The molecule has 0 saturated carbocycles. The molecule has 2 N–H and O–H groups in total. The number of nitrogens with two attached hydrogens (primary N) is 1. The average molecular weight is 449 g/mol. The molecule has 31 heavy (non-hydrogen) atoms. The van der Waals surface area contributed by atoms with Crippen molar-refractivity contribution in [2.45, 2.75) is 53.1 Å². The summed E-state index contributed by atoms with van der Waals surface area (Å²) >= 11 is 6.00. The van der Waals surface area contributed by atoms with Gasteiger partial charge in [0.2, 0.25) is 5.91 Å². The van der Waals surface area contributed by atoms with Crippen molar-refractivity contribution in [1.82, 2.24) is 14.5 Å². The van der Waals surface area contributed by atoms with E-state index in [9.17, 15) is 14.0 Å². The van der Waals surface area contributed by atoms with Crippen LogP contribution in [-0.2, 0) is 17.9 Å². The largest absolute Gasteiger partial charge is 0.369 e. The first-order valence-corrected chi connectivity index (χ1v) is 10.9. The first-order chi connectivity index (χ1) is 14.5. The van der Waals surface area contributed by atoms with Crippen LogP contribution < -0.4 is 5.73 Å². The Labute approximate surface area is 187 Å². The van der Waals surface area contributed by atoms with Gasteiger partial charge in [-0.1, -0.05) is 32.4 Å². The van der Waals surface area contributed by atoms with E-state index in [0.29, 0.717) is 36.6 Å². The molecule has 168 valence electrons. The van der Waals surface area contributed by atoms with Crippen molar-refractivity contribution in [2.75, 3.05) is 13.6 Å². The summed E-state index contributed by atoms with van der Waals surface area (Å²) in [6.07, 6.45) is 1.43. The molecule has 1 aliphatic heterocycles. The topological polar surface area (TPSA) is 81.2 Å². The van der Waals surface area contributed by atoms with Gasteiger partial charge in [-0.3, -0.25) is 9.59 Å². The second-order valence-corrected chi connectivity index (χ2v) is 10.0. The van der Waals surface area contributed by atoms with Crippen LogP contribution in [-0.4, -0.2) is 39.7 Å². The number of nitrogens with zero attached hydrogens (tertiary/aromatic N) is 3. The predicted molar refractivity (Wildman–Crippen MR) is 119 cm³/mol. The van der Waals surface area contributed by atoms with E-state index in [1.807, 2.05) is 32.4 Å². The molecule has 0 fully saturated rings. The molecule has 1 aromatic heterocycles. The van der Waals surface area contributed by atoms with Gasteiger partial charge in [0.25, 0.3) is 0 Å². The molecule has 0 aliphatic carbocycles.